The first kappa shape index (κ1) is 11.7. The molecular formula is C10H10F3N3O. The molecule has 0 spiro atoms. The number of aromatic nitrogens is 3. The minimum atomic E-state index is -4.57. The van der Waals surface area contributed by atoms with E-state index in [4.69, 9.17) is 0 Å². The molecule has 4 nitrogen and oxygen atoms in total. The summed E-state index contributed by atoms with van der Waals surface area (Å²) in [6.07, 6.45) is -3.30. The number of halogens is 3. The van der Waals surface area contributed by atoms with Crippen LogP contribution in [0.25, 0.3) is 11.2 Å². The summed E-state index contributed by atoms with van der Waals surface area (Å²) in [5.41, 5.74) is -1.93. The third kappa shape index (κ3) is 1.53. The van der Waals surface area contributed by atoms with Gasteiger partial charge < -0.3 is 4.57 Å². The SMILES string of the molecule is Cc1c(C(F)(F)F)c2c(ncn2C)n(C)c1=O. The van der Waals surface area contributed by atoms with Gasteiger partial charge in [0.1, 0.15) is 0 Å². The second-order valence-electron chi connectivity index (χ2n) is 3.89. The Morgan fingerprint density at radius 3 is 2.41 bits per heavy atom. The van der Waals surface area contributed by atoms with E-state index in [1.165, 1.54) is 31.9 Å². The Bertz CT molecular complexity index is 651. The van der Waals surface area contributed by atoms with E-state index in [0.29, 0.717) is 0 Å². The van der Waals surface area contributed by atoms with Gasteiger partial charge in [-0.05, 0) is 6.92 Å². The molecule has 0 aliphatic carbocycles. The molecule has 0 aliphatic rings. The lowest BCUT2D eigenvalue weighted by atomic mass is 10.1. The molecule has 0 saturated heterocycles. The first-order valence-electron chi connectivity index (χ1n) is 4.83. The predicted molar refractivity (Wildman–Crippen MR) is 55.7 cm³/mol. The van der Waals surface area contributed by atoms with Crippen molar-refractivity contribution in [1.29, 1.82) is 0 Å². The molecule has 0 N–H and O–H groups in total. The van der Waals surface area contributed by atoms with Crippen LogP contribution in [-0.4, -0.2) is 14.1 Å². The molecule has 2 heterocycles. The highest BCUT2D eigenvalue weighted by atomic mass is 19.4. The van der Waals surface area contributed by atoms with E-state index in [-0.39, 0.29) is 16.7 Å². The van der Waals surface area contributed by atoms with Crippen molar-refractivity contribution in [3.63, 3.8) is 0 Å². The molecule has 2 rings (SSSR count). The Hall–Kier alpha value is -1.79. The van der Waals surface area contributed by atoms with Crippen LogP contribution < -0.4 is 5.56 Å². The lowest BCUT2D eigenvalue weighted by Crippen LogP contribution is -2.25. The standard InChI is InChI=1S/C10H10F3N3O/c1-5-6(10(11,12)13)7-8(14-4-15(7)2)16(3)9(5)17/h4H,1-3H3. The molecule has 0 saturated carbocycles. The maximum absolute atomic E-state index is 13.0. The first-order chi connectivity index (χ1) is 7.75. The summed E-state index contributed by atoms with van der Waals surface area (Å²) in [6, 6.07) is 0. The van der Waals surface area contributed by atoms with Gasteiger partial charge in [0, 0.05) is 19.7 Å². The normalized spacial score (nSPS) is 12.4. The topological polar surface area (TPSA) is 39.8 Å². The number of fused-ring (bicyclic) bond motifs is 1. The summed E-state index contributed by atoms with van der Waals surface area (Å²) >= 11 is 0. The lowest BCUT2D eigenvalue weighted by molar-refractivity contribution is -0.137. The van der Waals surface area contributed by atoms with Crippen molar-refractivity contribution in [2.45, 2.75) is 13.1 Å². The minimum Gasteiger partial charge on any atom is -0.332 e. The molecule has 0 aliphatic heterocycles. The monoisotopic (exact) mass is 245 g/mol. The quantitative estimate of drug-likeness (QED) is 0.707. The van der Waals surface area contributed by atoms with Crippen LogP contribution in [0.4, 0.5) is 13.2 Å². The third-order valence-electron chi connectivity index (χ3n) is 2.76. The Balaban J connectivity index is 3.10. The minimum absolute atomic E-state index is 0.0374. The Morgan fingerprint density at radius 2 is 1.88 bits per heavy atom. The van der Waals surface area contributed by atoms with Crippen molar-refractivity contribution in [3.8, 4) is 0 Å². The number of hydrogen-bond acceptors (Lipinski definition) is 2. The van der Waals surface area contributed by atoms with Crippen molar-refractivity contribution >= 4 is 11.2 Å². The Kier molecular flexibility index (Phi) is 2.30. The average Bonchev–Trinajstić information content (AvgIpc) is 2.56. The smallest absolute Gasteiger partial charge is 0.332 e. The summed E-state index contributed by atoms with van der Waals surface area (Å²) in [4.78, 5) is 15.5. The van der Waals surface area contributed by atoms with E-state index in [1.54, 1.807) is 0 Å². The molecule has 7 heteroatoms. The van der Waals surface area contributed by atoms with Crippen LogP contribution in [0, 0.1) is 6.92 Å². The second-order valence-corrected chi connectivity index (χ2v) is 3.89. The van der Waals surface area contributed by atoms with Gasteiger partial charge in [0.05, 0.1) is 17.4 Å². The van der Waals surface area contributed by atoms with Crippen LogP contribution in [-0.2, 0) is 20.3 Å². The summed E-state index contributed by atoms with van der Waals surface area (Å²) in [5.74, 6) is 0. The predicted octanol–water partition coefficient (Wildman–Crippen LogP) is 1.60. The molecule has 17 heavy (non-hydrogen) atoms. The summed E-state index contributed by atoms with van der Waals surface area (Å²) in [6.45, 7) is 1.18. The number of rotatable bonds is 0. The summed E-state index contributed by atoms with van der Waals surface area (Å²) in [5, 5.41) is 0. The fraction of sp³-hybridized carbons (Fsp3) is 0.400. The van der Waals surface area contributed by atoms with Crippen LogP contribution in [0.5, 0.6) is 0 Å². The van der Waals surface area contributed by atoms with Gasteiger partial charge in [-0.3, -0.25) is 9.36 Å². The maximum Gasteiger partial charge on any atom is 0.419 e. The van der Waals surface area contributed by atoms with E-state index in [9.17, 15) is 18.0 Å². The fourth-order valence-electron chi connectivity index (χ4n) is 1.93. The van der Waals surface area contributed by atoms with Gasteiger partial charge >= 0.3 is 6.18 Å². The largest absolute Gasteiger partial charge is 0.419 e. The molecular weight excluding hydrogens is 235 g/mol. The van der Waals surface area contributed by atoms with Crippen molar-refractivity contribution < 1.29 is 13.2 Å². The molecule has 0 atom stereocenters. The lowest BCUT2D eigenvalue weighted by Gasteiger charge is -2.13. The van der Waals surface area contributed by atoms with Gasteiger partial charge in [0.25, 0.3) is 5.56 Å². The number of hydrogen-bond donors (Lipinski definition) is 0. The molecule has 92 valence electrons. The molecule has 2 aromatic rings. The number of nitrogens with zero attached hydrogens (tertiary/aromatic N) is 3. The fourth-order valence-corrected chi connectivity index (χ4v) is 1.93. The number of alkyl halides is 3. The molecule has 0 radical (unpaired) electrons. The number of imidazole rings is 1. The van der Waals surface area contributed by atoms with Crippen LogP contribution >= 0.6 is 0 Å². The zero-order chi connectivity index (χ0) is 13.0. The number of pyridine rings is 1. The zero-order valence-electron chi connectivity index (χ0n) is 9.46. The second kappa shape index (κ2) is 3.35. The highest BCUT2D eigenvalue weighted by Gasteiger charge is 2.37. The molecule has 0 unspecified atom stereocenters. The first-order valence-corrected chi connectivity index (χ1v) is 4.83. The van der Waals surface area contributed by atoms with Crippen molar-refractivity contribution in [1.82, 2.24) is 14.1 Å². The van der Waals surface area contributed by atoms with Gasteiger partial charge in [0.2, 0.25) is 0 Å². The molecule has 0 amide bonds. The van der Waals surface area contributed by atoms with Gasteiger partial charge in [0.15, 0.2) is 5.65 Å². The molecule has 0 bridgehead atoms. The van der Waals surface area contributed by atoms with Crippen molar-refractivity contribution in [2.75, 3.05) is 0 Å². The zero-order valence-corrected chi connectivity index (χ0v) is 9.46. The van der Waals surface area contributed by atoms with Crippen molar-refractivity contribution in [3.05, 3.63) is 27.8 Å². The summed E-state index contributed by atoms with van der Waals surface area (Å²) in [7, 11) is 2.87. The van der Waals surface area contributed by atoms with E-state index in [2.05, 4.69) is 4.98 Å². The van der Waals surface area contributed by atoms with Gasteiger partial charge in [-0.2, -0.15) is 13.2 Å². The Morgan fingerprint density at radius 1 is 1.29 bits per heavy atom. The van der Waals surface area contributed by atoms with Gasteiger partial charge in [-0.15, -0.1) is 0 Å². The van der Waals surface area contributed by atoms with Gasteiger partial charge in [-0.1, -0.05) is 0 Å². The van der Waals surface area contributed by atoms with E-state index < -0.39 is 17.3 Å². The van der Waals surface area contributed by atoms with Crippen LogP contribution in [0.1, 0.15) is 11.1 Å². The van der Waals surface area contributed by atoms with Crippen LogP contribution in [0.2, 0.25) is 0 Å². The highest BCUT2D eigenvalue weighted by molar-refractivity contribution is 5.77. The van der Waals surface area contributed by atoms with Gasteiger partial charge in [-0.25, -0.2) is 4.98 Å². The maximum atomic E-state index is 13.0. The van der Waals surface area contributed by atoms with Crippen LogP contribution in [0.15, 0.2) is 11.1 Å². The third-order valence-corrected chi connectivity index (χ3v) is 2.76. The van der Waals surface area contributed by atoms with Crippen LogP contribution in [0.3, 0.4) is 0 Å². The molecule has 0 aromatic carbocycles. The van der Waals surface area contributed by atoms with Crippen molar-refractivity contribution in [2.24, 2.45) is 14.1 Å². The molecule has 0 fully saturated rings. The average molecular weight is 245 g/mol. The number of aryl methyl sites for hydroxylation is 2. The summed E-state index contributed by atoms with van der Waals surface area (Å²) < 4.78 is 41.3. The molecule has 2 aromatic heterocycles. The van der Waals surface area contributed by atoms with E-state index >= 15 is 0 Å². The van der Waals surface area contributed by atoms with E-state index in [0.717, 1.165) is 4.57 Å². The highest BCUT2D eigenvalue weighted by Crippen LogP contribution is 2.35. The van der Waals surface area contributed by atoms with E-state index in [1.807, 2.05) is 0 Å². The Labute approximate surface area is 94.3 Å².